The monoisotopic (exact) mass is 283 g/mol. The molecule has 7 nitrogen and oxygen atoms in total. The molecule has 0 spiro atoms. The highest BCUT2D eigenvalue weighted by Gasteiger charge is 2.24. The lowest BCUT2D eigenvalue weighted by Gasteiger charge is -2.03. The lowest BCUT2D eigenvalue weighted by atomic mass is 10.1. The van der Waals surface area contributed by atoms with E-state index in [1.165, 1.54) is 6.07 Å². The first-order chi connectivity index (χ1) is 9.38. The zero-order valence-corrected chi connectivity index (χ0v) is 10.0. The van der Waals surface area contributed by atoms with Crippen molar-refractivity contribution in [2.75, 3.05) is 5.32 Å². The van der Waals surface area contributed by atoms with Crippen LogP contribution in [0.1, 0.15) is 16.1 Å². The summed E-state index contributed by atoms with van der Waals surface area (Å²) in [7, 11) is 0. The van der Waals surface area contributed by atoms with Gasteiger partial charge in [0.25, 0.3) is 5.91 Å². The van der Waals surface area contributed by atoms with Crippen LogP contribution < -0.4 is 5.32 Å². The standard InChI is InChI=1S/C11H7F2N3O4/c1-5-2-9(15-20-5)14-11(17)7-3-6(12)4-8(10(7)13)16(18)19/h2-4H,1H3,(H,14,15,17). The Morgan fingerprint density at radius 2 is 2.10 bits per heavy atom. The van der Waals surface area contributed by atoms with E-state index in [0.29, 0.717) is 17.9 Å². The normalized spacial score (nSPS) is 10.3. The molecule has 0 aliphatic heterocycles. The molecule has 0 aliphatic rings. The molecule has 0 radical (unpaired) electrons. The van der Waals surface area contributed by atoms with E-state index in [9.17, 15) is 23.7 Å². The molecule has 1 heterocycles. The van der Waals surface area contributed by atoms with E-state index in [1.807, 2.05) is 0 Å². The van der Waals surface area contributed by atoms with Gasteiger partial charge in [0.2, 0.25) is 5.82 Å². The third-order valence-electron chi connectivity index (χ3n) is 2.33. The zero-order chi connectivity index (χ0) is 14.9. The van der Waals surface area contributed by atoms with Crippen molar-refractivity contribution >= 4 is 17.4 Å². The van der Waals surface area contributed by atoms with Crippen molar-refractivity contribution < 1.29 is 23.0 Å². The van der Waals surface area contributed by atoms with Gasteiger partial charge in [0, 0.05) is 6.07 Å². The first-order valence-corrected chi connectivity index (χ1v) is 5.26. The smallest absolute Gasteiger partial charge is 0.308 e. The van der Waals surface area contributed by atoms with Gasteiger partial charge in [-0.2, -0.15) is 4.39 Å². The number of aromatic nitrogens is 1. The Morgan fingerprint density at radius 3 is 2.65 bits per heavy atom. The van der Waals surface area contributed by atoms with E-state index in [2.05, 4.69) is 15.0 Å². The average Bonchev–Trinajstić information content (AvgIpc) is 2.76. The van der Waals surface area contributed by atoms with Gasteiger partial charge in [0.1, 0.15) is 11.6 Å². The molecule has 1 amide bonds. The number of nitrogens with zero attached hydrogens (tertiary/aromatic N) is 2. The molecule has 2 aromatic rings. The maximum atomic E-state index is 13.7. The van der Waals surface area contributed by atoms with Crippen LogP contribution in [-0.4, -0.2) is 16.0 Å². The van der Waals surface area contributed by atoms with Crippen LogP contribution in [0.3, 0.4) is 0 Å². The average molecular weight is 283 g/mol. The fourth-order valence-corrected chi connectivity index (χ4v) is 1.48. The van der Waals surface area contributed by atoms with Crippen LogP contribution in [0.5, 0.6) is 0 Å². The SMILES string of the molecule is Cc1cc(NC(=O)c2cc(F)cc([N+](=O)[O-])c2F)no1. The molecule has 0 unspecified atom stereocenters. The number of benzene rings is 1. The highest BCUT2D eigenvalue weighted by Crippen LogP contribution is 2.23. The van der Waals surface area contributed by atoms with Crippen LogP contribution in [0.2, 0.25) is 0 Å². The van der Waals surface area contributed by atoms with Crippen LogP contribution in [0, 0.1) is 28.7 Å². The summed E-state index contributed by atoms with van der Waals surface area (Å²) >= 11 is 0. The van der Waals surface area contributed by atoms with E-state index in [4.69, 9.17) is 0 Å². The van der Waals surface area contributed by atoms with Crippen molar-refractivity contribution in [1.82, 2.24) is 5.16 Å². The summed E-state index contributed by atoms with van der Waals surface area (Å²) in [5.74, 6) is -3.21. The molecule has 1 N–H and O–H groups in total. The summed E-state index contributed by atoms with van der Waals surface area (Å²) in [6, 6.07) is 2.31. The highest BCUT2D eigenvalue weighted by molar-refractivity contribution is 6.04. The summed E-state index contributed by atoms with van der Waals surface area (Å²) in [5.41, 5.74) is -1.91. The Morgan fingerprint density at radius 1 is 1.40 bits per heavy atom. The Hall–Kier alpha value is -2.84. The largest absolute Gasteiger partial charge is 0.360 e. The minimum absolute atomic E-state index is 0.0150. The van der Waals surface area contributed by atoms with E-state index >= 15 is 0 Å². The molecule has 1 aromatic carbocycles. The second-order valence-electron chi connectivity index (χ2n) is 3.82. The molecular formula is C11H7F2N3O4. The molecule has 0 bridgehead atoms. The van der Waals surface area contributed by atoms with Crippen LogP contribution >= 0.6 is 0 Å². The maximum Gasteiger partial charge on any atom is 0.308 e. The number of nitro groups is 1. The van der Waals surface area contributed by atoms with E-state index in [-0.39, 0.29) is 5.82 Å². The van der Waals surface area contributed by atoms with Gasteiger partial charge in [-0.3, -0.25) is 14.9 Å². The Kier molecular flexibility index (Phi) is 3.42. The van der Waals surface area contributed by atoms with E-state index < -0.39 is 33.7 Å². The number of nitrogens with one attached hydrogen (secondary N) is 1. The minimum Gasteiger partial charge on any atom is -0.360 e. The number of hydrogen-bond donors (Lipinski definition) is 1. The second-order valence-corrected chi connectivity index (χ2v) is 3.82. The van der Waals surface area contributed by atoms with E-state index in [1.54, 1.807) is 6.92 Å². The number of halogens is 2. The molecule has 1 aromatic heterocycles. The minimum atomic E-state index is -1.42. The van der Waals surface area contributed by atoms with Crippen molar-refractivity contribution in [1.29, 1.82) is 0 Å². The quantitative estimate of drug-likeness (QED) is 0.689. The number of anilines is 1. The van der Waals surface area contributed by atoms with E-state index in [0.717, 1.165) is 0 Å². The fourth-order valence-electron chi connectivity index (χ4n) is 1.48. The fraction of sp³-hybridized carbons (Fsp3) is 0.0909. The number of nitro benzene ring substituents is 1. The number of carbonyl (C=O) groups is 1. The van der Waals surface area contributed by atoms with Crippen LogP contribution in [0.25, 0.3) is 0 Å². The number of aryl methyl sites for hydroxylation is 1. The van der Waals surface area contributed by atoms with Gasteiger partial charge >= 0.3 is 5.69 Å². The second kappa shape index (κ2) is 5.03. The third-order valence-corrected chi connectivity index (χ3v) is 2.33. The molecule has 0 fully saturated rings. The number of rotatable bonds is 3. The molecule has 9 heteroatoms. The Labute approximate surface area is 110 Å². The molecular weight excluding hydrogens is 276 g/mol. The lowest BCUT2D eigenvalue weighted by molar-refractivity contribution is -0.387. The van der Waals surface area contributed by atoms with Gasteiger partial charge in [0.05, 0.1) is 16.6 Å². The summed E-state index contributed by atoms with van der Waals surface area (Å²) < 4.78 is 31.6. The topological polar surface area (TPSA) is 98.3 Å². The number of amides is 1. The van der Waals surface area contributed by atoms with Crippen molar-refractivity contribution in [3.05, 3.63) is 51.3 Å². The maximum absolute atomic E-state index is 13.7. The summed E-state index contributed by atoms with van der Waals surface area (Å²) in [6.45, 7) is 1.57. The first kappa shape index (κ1) is 13.6. The zero-order valence-electron chi connectivity index (χ0n) is 10.0. The lowest BCUT2D eigenvalue weighted by Crippen LogP contribution is -2.15. The third kappa shape index (κ3) is 2.60. The predicted molar refractivity (Wildman–Crippen MR) is 62.2 cm³/mol. The summed E-state index contributed by atoms with van der Waals surface area (Å²) in [6.07, 6.45) is 0. The predicted octanol–water partition coefficient (Wildman–Crippen LogP) is 2.42. The molecule has 20 heavy (non-hydrogen) atoms. The molecule has 0 saturated carbocycles. The Bertz CT molecular complexity index is 699. The van der Waals surface area contributed by atoms with Crippen LogP contribution in [0.4, 0.5) is 20.3 Å². The van der Waals surface area contributed by atoms with Crippen molar-refractivity contribution in [2.45, 2.75) is 6.92 Å². The van der Waals surface area contributed by atoms with Crippen LogP contribution in [-0.2, 0) is 0 Å². The number of hydrogen-bond acceptors (Lipinski definition) is 5. The summed E-state index contributed by atoms with van der Waals surface area (Å²) in [5, 5.41) is 16.1. The number of carbonyl (C=O) groups excluding carboxylic acids is 1. The molecule has 0 atom stereocenters. The van der Waals surface area contributed by atoms with Gasteiger partial charge in [-0.1, -0.05) is 5.16 Å². The molecule has 104 valence electrons. The summed E-state index contributed by atoms with van der Waals surface area (Å²) in [4.78, 5) is 21.2. The van der Waals surface area contributed by atoms with Crippen molar-refractivity contribution in [2.24, 2.45) is 0 Å². The molecule has 2 rings (SSSR count). The van der Waals surface area contributed by atoms with Crippen molar-refractivity contribution in [3.63, 3.8) is 0 Å². The van der Waals surface area contributed by atoms with Crippen LogP contribution in [0.15, 0.2) is 22.7 Å². The Balaban J connectivity index is 2.37. The van der Waals surface area contributed by atoms with Gasteiger partial charge in [-0.15, -0.1) is 0 Å². The highest BCUT2D eigenvalue weighted by atomic mass is 19.1. The first-order valence-electron chi connectivity index (χ1n) is 5.26. The molecule has 0 saturated heterocycles. The van der Waals surface area contributed by atoms with Gasteiger partial charge in [0.15, 0.2) is 5.82 Å². The molecule has 0 aliphatic carbocycles. The van der Waals surface area contributed by atoms with Crippen molar-refractivity contribution in [3.8, 4) is 0 Å². The van der Waals surface area contributed by atoms with Gasteiger partial charge in [-0.05, 0) is 13.0 Å². The van der Waals surface area contributed by atoms with Gasteiger partial charge in [-0.25, -0.2) is 4.39 Å². The van der Waals surface area contributed by atoms with Gasteiger partial charge < -0.3 is 9.84 Å².